The smallest absolute Gasteiger partial charge is 0.275 e. The van der Waals surface area contributed by atoms with Crippen LogP contribution < -0.4 is 5.32 Å². The van der Waals surface area contributed by atoms with E-state index >= 15 is 0 Å². The van der Waals surface area contributed by atoms with Crippen molar-refractivity contribution in [2.24, 2.45) is 0 Å². The van der Waals surface area contributed by atoms with Gasteiger partial charge in [0.25, 0.3) is 5.91 Å². The minimum Gasteiger partial charge on any atom is -0.342 e. The molecule has 0 radical (unpaired) electrons. The number of fused-ring (bicyclic) bond motifs is 2. The summed E-state index contributed by atoms with van der Waals surface area (Å²) in [6.07, 6.45) is 6.75. The van der Waals surface area contributed by atoms with Crippen molar-refractivity contribution < 1.29 is 9.59 Å². The van der Waals surface area contributed by atoms with E-state index in [-0.39, 0.29) is 11.8 Å². The third-order valence-corrected chi connectivity index (χ3v) is 7.44. The Morgan fingerprint density at radius 1 is 1.08 bits per heavy atom. The number of hydrogen-bond donors (Lipinski definition) is 1. The monoisotopic (exact) mass is 486 g/mol. The van der Waals surface area contributed by atoms with E-state index in [0.717, 1.165) is 74.5 Å². The van der Waals surface area contributed by atoms with E-state index in [9.17, 15) is 9.59 Å². The minimum absolute atomic E-state index is 0.196. The van der Waals surface area contributed by atoms with Gasteiger partial charge in [0.1, 0.15) is 23.0 Å². The van der Waals surface area contributed by atoms with Gasteiger partial charge in [0.15, 0.2) is 5.82 Å². The second kappa shape index (κ2) is 9.42. The van der Waals surface area contributed by atoms with Crippen molar-refractivity contribution in [1.29, 1.82) is 0 Å². The topological polar surface area (TPSA) is 109 Å². The summed E-state index contributed by atoms with van der Waals surface area (Å²) in [4.78, 5) is 38.8. The van der Waals surface area contributed by atoms with Crippen LogP contribution in [0, 0.1) is 0 Å². The molecule has 1 fully saturated rings. The molecule has 1 atom stereocenters. The van der Waals surface area contributed by atoms with E-state index in [4.69, 9.17) is 0 Å². The fourth-order valence-electron chi connectivity index (χ4n) is 5.42. The molecule has 6 heterocycles. The summed E-state index contributed by atoms with van der Waals surface area (Å²) in [7, 11) is 0. The summed E-state index contributed by atoms with van der Waals surface area (Å²) < 4.78 is 2.12. The molecule has 10 heteroatoms. The third-order valence-electron chi connectivity index (χ3n) is 7.44. The van der Waals surface area contributed by atoms with Crippen LogP contribution in [0.2, 0.25) is 0 Å². The molecule has 0 aromatic carbocycles. The van der Waals surface area contributed by atoms with Crippen molar-refractivity contribution in [2.75, 3.05) is 31.5 Å². The maximum absolute atomic E-state index is 13.0. The average Bonchev–Trinajstić information content (AvgIpc) is 3.64. The van der Waals surface area contributed by atoms with E-state index in [1.54, 1.807) is 12.3 Å². The van der Waals surface area contributed by atoms with Crippen molar-refractivity contribution in [2.45, 2.75) is 51.6 Å². The van der Waals surface area contributed by atoms with Crippen molar-refractivity contribution in [1.82, 2.24) is 34.5 Å². The number of carbonyl (C=O) groups excluding carboxylic acids is 2. The molecule has 0 saturated carbocycles. The zero-order valence-corrected chi connectivity index (χ0v) is 20.5. The molecule has 6 rings (SSSR count). The number of nitrogens with zero attached hydrogens (tertiary/aromatic N) is 7. The normalized spacial score (nSPS) is 19.2. The molecule has 36 heavy (non-hydrogen) atoms. The maximum atomic E-state index is 13.0. The summed E-state index contributed by atoms with van der Waals surface area (Å²) in [5.74, 6) is 2.02. The lowest BCUT2D eigenvalue weighted by atomic mass is 10.0. The van der Waals surface area contributed by atoms with Gasteiger partial charge >= 0.3 is 0 Å². The Morgan fingerprint density at radius 3 is 2.81 bits per heavy atom. The van der Waals surface area contributed by atoms with E-state index in [0.29, 0.717) is 36.3 Å². The molecule has 0 bridgehead atoms. The van der Waals surface area contributed by atoms with Gasteiger partial charge in [0, 0.05) is 44.8 Å². The van der Waals surface area contributed by atoms with Gasteiger partial charge in [-0.05, 0) is 61.9 Å². The summed E-state index contributed by atoms with van der Waals surface area (Å²) in [6, 6.07) is 7.67. The number of carbonyl (C=O) groups is 2. The molecule has 1 saturated heterocycles. The highest BCUT2D eigenvalue weighted by Gasteiger charge is 2.26. The van der Waals surface area contributed by atoms with Crippen LogP contribution >= 0.6 is 0 Å². The molecule has 3 aliphatic rings. The Labute approximate surface area is 209 Å². The van der Waals surface area contributed by atoms with E-state index in [2.05, 4.69) is 41.9 Å². The average molecular weight is 487 g/mol. The molecular formula is C26H30N8O2. The number of aryl methyl sites for hydroxylation is 1. The molecule has 1 N–H and O–H groups in total. The quantitative estimate of drug-likeness (QED) is 0.590. The van der Waals surface area contributed by atoms with Crippen LogP contribution in [0.5, 0.6) is 0 Å². The van der Waals surface area contributed by atoms with Crippen LogP contribution in [-0.4, -0.2) is 72.5 Å². The van der Waals surface area contributed by atoms with Crippen LogP contribution in [0.25, 0.3) is 11.5 Å². The lowest BCUT2D eigenvalue weighted by molar-refractivity contribution is -0.131. The van der Waals surface area contributed by atoms with Crippen molar-refractivity contribution >= 4 is 17.6 Å². The highest BCUT2D eigenvalue weighted by Crippen LogP contribution is 2.30. The summed E-state index contributed by atoms with van der Waals surface area (Å²) in [5, 5.41) is 11.5. The van der Waals surface area contributed by atoms with Gasteiger partial charge in [-0.2, -0.15) is 0 Å². The molecule has 2 amide bonds. The second-order valence-electron chi connectivity index (χ2n) is 9.95. The van der Waals surface area contributed by atoms with Crippen LogP contribution in [-0.2, 0) is 24.2 Å². The van der Waals surface area contributed by atoms with Gasteiger partial charge in [0.2, 0.25) is 5.91 Å². The maximum Gasteiger partial charge on any atom is 0.275 e. The molecular weight excluding hydrogens is 456 g/mol. The van der Waals surface area contributed by atoms with Gasteiger partial charge in [0.05, 0.1) is 6.54 Å². The predicted octanol–water partition coefficient (Wildman–Crippen LogP) is 2.48. The first kappa shape index (κ1) is 22.8. The predicted molar refractivity (Wildman–Crippen MR) is 133 cm³/mol. The summed E-state index contributed by atoms with van der Waals surface area (Å²) >= 11 is 0. The Bertz CT molecular complexity index is 1310. The van der Waals surface area contributed by atoms with Gasteiger partial charge in [-0.15, -0.1) is 10.2 Å². The first-order valence-corrected chi connectivity index (χ1v) is 12.8. The lowest BCUT2D eigenvalue weighted by Gasteiger charge is -2.29. The Hall–Kier alpha value is -3.66. The van der Waals surface area contributed by atoms with Crippen LogP contribution in [0.15, 0.2) is 30.5 Å². The van der Waals surface area contributed by atoms with Crippen LogP contribution in [0.1, 0.15) is 59.7 Å². The number of amides is 2. The highest BCUT2D eigenvalue weighted by atomic mass is 16.2. The SMILES string of the molecule is C[C@H]1CCc2nnc(-c3cccc(NC(=O)c4cc5c(cn4)CCN(CC(=O)N4CCCC4)C5)n3)n21. The van der Waals surface area contributed by atoms with Gasteiger partial charge < -0.3 is 14.8 Å². The summed E-state index contributed by atoms with van der Waals surface area (Å²) in [6.45, 7) is 5.77. The second-order valence-corrected chi connectivity index (χ2v) is 9.95. The van der Waals surface area contributed by atoms with Crippen LogP contribution in [0.4, 0.5) is 5.82 Å². The van der Waals surface area contributed by atoms with Crippen molar-refractivity contribution in [3.8, 4) is 11.5 Å². The Balaban J connectivity index is 1.15. The Kier molecular flexibility index (Phi) is 5.96. The number of likely N-dealkylation sites (tertiary alicyclic amines) is 1. The summed E-state index contributed by atoms with van der Waals surface area (Å²) in [5.41, 5.74) is 3.19. The first-order chi connectivity index (χ1) is 17.5. The number of anilines is 1. The standard InChI is InChI=1S/C26H30N8O2/c1-17-7-8-23-30-31-25(34(17)23)20-5-4-6-22(28-20)29-26(36)21-13-19-15-32(12-9-18(19)14-27-21)16-24(35)33-10-2-3-11-33/h4-6,13-14,17H,2-3,7-12,15-16H2,1H3,(H,28,29,36)/t17-/m0/s1. The van der Waals surface area contributed by atoms with E-state index in [1.807, 2.05) is 23.1 Å². The molecule has 3 aromatic heterocycles. The molecule has 3 aliphatic heterocycles. The molecule has 3 aromatic rings. The number of aromatic nitrogens is 5. The van der Waals surface area contributed by atoms with Gasteiger partial charge in [-0.25, -0.2) is 4.98 Å². The number of hydrogen-bond acceptors (Lipinski definition) is 7. The van der Waals surface area contributed by atoms with Crippen molar-refractivity contribution in [3.63, 3.8) is 0 Å². The van der Waals surface area contributed by atoms with Crippen LogP contribution in [0.3, 0.4) is 0 Å². The minimum atomic E-state index is -0.312. The fraction of sp³-hybridized carbons (Fsp3) is 0.462. The van der Waals surface area contributed by atoms with Gasteiger partial charge in [-0.3, -0.25) is 19.5 Å². The van der Waals surface area contributed by atoms with Crippen molar-refractivity contribution in [3.05, 3.63) is 53.1 Å². The van der Waals surface area contributed by atoms with Gasteiger partial charge in [-0.1, -0.05) is 6.07 Å². The zero-order valence-electron chi connectivity index (χ0n) is 20.5. The third kappa shape index (κ3) is 4.37. The molecule has 186 valence electrons. The molecule has 0 aliphatic carbocycles. The zero-order chi connectivity index (χ0) is 24.6. The Morgan fingerprint density at radius 2 is 1.94 bits per heavy atom. The fourth-order valence-corrected chi connectivity index (χ4v) is 5.42. The lowest BCUT2D eigenvalue weighted by Crippen LogP contribution is -2.41. The molecule has 0 spiro atoms. The first-order valence-electron chi connectivity index (χ1n) is 12.8. The van der Waals surface area contributed by atoms with E-state index in [1.165, 1.54) is 0 Å². The number of rotatable bonds is 5. The number of pyridine rings is 2. The molecule has 0 unspecified atom stereocenters. The van der Waals surface area contributed by atoms with E-state index < -0.39 is 0 Å². The largest absolute Gasteiger partial charge is 0.342 e. The highest BCUT2D eigenvalue weighted by molar-refractivity contribution is 6.02. The number of nitrogens with one attached hydrogen (secondary N) is 1. The molecule has 10 nitrogen and oxygen atoms in total.